The lowest BCUT2D eigenvalue weighted by Crippen LogP contribution is -2.13. The van der Waals surface area contributed by atoms with Crippen LogP contribution in [0.15, 0.2) is 39.2 Å². The van der Waals surface area contributed by atoms with Gasteiger partial charge in [0.25, 0.3) is 0 Å². The van der Waals surface area contributed by atoms with Crippen molar-refractivity contribution in [2.75, 3.05) is 6.61 Å². The van der Waals surface area contributed by atoms with Crippen LogP contribution in [0.2, 0.25) is 0 Å². The number of aryl methyl sites for hydroxylation is 1. The number of hydrogen-bond donors (Lipinski definition) is 1. The van der Waals surface area contributed by atoms with Gasteiger partial charge in [-0.1, -0.05) is 21.9 Å². The van der Waals surface area contributed by atoms with Gasteiger partial charge in [0.1, 0.15) is 23.9 Å². The van der Waals surface area contributed by atoms with Crippen LogP contribution in [0.4, 0.5) is 0 Å². The molecule has 2 aromatic rings. The highest BCUT2D eigenvalue weighted by molar-refractivity contribution is 9.10. The molecule has 104 valence electrons. The molecule has 1 aromatic carbocycles. The van der Waals surface area contributed by atoms with Crippen LogP contribution in [0, 0.1) is 19.3 Å². The van der Waals surface area contributed by atoms with E-state index < -0.39 is 0 Å². The van der Waals surface area contributed by atoms with Crippen molar-refractivity contribution in [1.82, 2.24) is 5.32 Å². The molecule has 0 aliphatic heterocycles. The van der Waals surface area contributed by atoms with E-state index in [0.29, 0.717) is 13.1 Å². The lowest BCUT2D eigenvalue weighted by atomic mass is 10.2. The minimum absolute atomic E-state index is 0.270. The number of nitrogens with one attached hydrogen (secondary N) is 1. The maximum atomic E-state index is 5.53. The Balaban J connectivity index is 1.97. The lowest BCUT2D eigenvalue weighted by molar-refractivity contribution is 0.364. The maximum Gasteiger partial charge on any atom is 0.148 e. The van der Waals surface area contributed by atoms with Gasteiger partial charge in [0.2, 0.25) is 0 Å². The third-order valence-electron chi connectivity index (χ3n) is 2.74. The van der Waals surface area contributed by atoms with Crippen molar-refractivity contribution in [2.24, 2.45) is 0 Å². The Labute approximate surface area is 127 Å². The zero-order valence-electron chi connectivity index (χ0n) is 11.3. The molecule has 20 heavy (non-hydrogen) atoms. The average molecular weight is 334 g/mol. The Morgan fingerprint density at radius 2 is 2.15 bits per heavy atom. The molecule has 1 aromatic heterocycles. The first-order valence-corrected chi connectivity index (χ1v) is 7.09. The molecule has 0 saturated carbocycles. The standard InChI is InChI=1S/C16H16BrNO2/c1-3-8-19-16-7-5-14(17)9-13(16)10-18-11-15-6-4-12(2)20-15/h1,4-7,9,18H,8,10-11H2,2H3. The number of ether oxygens (including phenoxy) is 1. The van der Waals surface area contributed by atoms with Crippen LogP contribution in [0.25, 0.3) is 0 Å². The predicted octanol–water partition coefficient (Wildman–Crippen LogP) is 3.65. The van der Waals surface area contributed by atoms with E-state index in [1.165, 1.54) is 0 Å². The van der Waals surface area contributed by atoms with Gasteiger partial charge in [0.05, 0.1) is 6.54 Å². The fraction of sp³-hybridized carbons (Fsp3) is 0.250. The second kappa shape index (κ2) is 7.18. The highest BCUT2D eigenvalue weighted by atomic mass is 79.9. The van der Waals surface area contributed by atoms with Crippen LogP contribution in [-0.2, 0) is 13.1 Å². The van der Waals surface area contributed by atoms with E-state index in [1.807, 2.05) is 37.3 Å². The number of rotatable bonds is 6. The van der Waals surface area contributed by atoms with E-state index >= 15 is 0 Å². The van der Waals surface area contributed by atoms with Gasteiger partial charge in [-0.25, -0.2) is 0 Å². The van der Waals surface area contributed by atoms with Crippen molar-refractivity contribution < 1.29 is 9.15 Å². The number of furan rings is 1. The van der Waals surface area contributed by atoms with Crippen molar-refractivity contribution in [2.45, 2.75) is 20.0 Å². The average Bonchev–Trinajstić information content (AvgIpc) is 2.84. The summed E-state index contributed by atoms with van der Waals surface area (Å²) in [6.45, 7) is 3.56. The lowest BCUT2D eigenvalue weighted by Gasteiger charge is -2.11. The van der Waals surface area contributed by atoms with E-state index in [4.69, 9.17) is 15.6 Å². The molecule has 0 unspecified atom stereocenters. The summed E-state index contributed by atoms with van der Waals surface area (Å²) in [4.78, 5) is 0. The van der Waals surface area contributed by atoms with Crippen molar-refractivity contribution >= 4 is 15.9 Å². The quantitative estimate of drug-likeness (QED) is 0.819. The minimum atomic E-state index is 0.270. The molecule has 1 N–H and O–H groups in total. The largest absolute Gasteiger partial charge is 0.481 e. The Morgan fingerprint density at radius 3 is 2.85 bits per heavy atom. The Kier molecular flexibility index (Phi) is 5.28. The van der Waals surface area contributed by atoms with E-state index in [1.54, 1.807) is 0 Å². The van der Waals surface area contributed by atoms with Crippen LogP contribution in [0.1, 0.15) is 17.1 Å². The zero-order valence-corrected chi connectivity index (χ0v) is 12.9. The first-order valence-electron chi connectivity index (χ1n) is 6.30. The monoisotopic (exact) mass is 333 g/mol. The van der Waals surface area contributed by atoms with Crippen molar-refractivity contribution in [3.8, 4) is 18.1 Å². The third kappa shape index (κ3) is 4.16. The topological polar surface area (TPSA) is 34.4 Å². The molecular formula is C16H16BrNO2. The van der Waals surface area contributed by atoms with Gasteiger partial charge >= 0.3 is 0 Å². The summed E-state index contributed by atoms with van der Waals surface area (Å²) in [5.41, 5.74) is 1.05. The van der Waals surface area contributed by atoms with E-state index in [2.05, 4.69) is 27.2 Å². The van der Waals surface area contributed by atoms with Gasteiger partial charge < -0.3 is 14.5 Å². The smallest absolute Gasteiger partial charge is 0.148 e. The fourth-order valence-corrected chi connectivity index (χ4v) is 2.26. The number of terminal acetylenes is 1. The molecule has 0 radical (unpaired) electrons. The van der Waals surface area contributed by atoms with Crippen LogP contribution in [-0.4, -0.2) is 6.61 Å². The molecule has 2 rings (SSSR count). The molecule has 0 atom stereocenters. The van der Waals surface area contributed by atoms with Gasteiger partial charge in [0.15, 0.2) is 0 Å². The summed E-state index contributed by atoms with van der Waals surface area (Å²) in [6.07, 6.45) is 5.22. The van der Waals surface area contributed by atoms with E-state index in [-0.39, 0.29) is 6.61 Å². The van der Waals surface area contributed by atoms with Crippen LogP contribution in [0.3, 0.4) is 0 Å². The summed E-state index contributed by atoms with van der Waals surface area (Å²) in [5, 5.41) is 3.33. The van der Waals surface area contributed by atoms with E-state index in [0.717, 1.165) is 27.3 Å². The third-order valence-corrected chi connectivity index (χ3v) is 3.24. The highest BCUT2D eigenvalue weighted by Gasteiger charge is 2.05. The van der Waals surface area contributed by atoms with Crippen LogP contribution < -0.4 is 10.1 Å². The van der Waals surface area contributed by atoms with Crippen molar-refractivity contribution in [1.29, 1.82) is 0 Å². The van der Waals surface area contributed by atoms with Gasteiger partial charge in [0, 0.05) is 16.6 Å². The summed E-state index contributed by atoms with van der Waals surface area (Å²) in [7, 11) is 0. The normalized spacial score (nSPS) is 10.2. The SMILES string of the molecule is C#CCOc1ccc(Br)cc1CNCc1ccc(C)o1. The molecule has 0 aliphatic carbocycles. The Bertz CT molecular complexity index is 613. The molecule has 4 heteroatoms. The molecule has 1 heterocycles. The summed E-state index contributed by atoms with van der Waals surface area (Å²) >= 11 is 3.46. The first-order chi connectivity index (χ1) is 9.69. The highest BCUT2D eigenvalue weighted by Crippen LogP contribution is 2.23. The maximum absolute atomic E-state index is 5.53. The molecule has 0 spiro atoms. The molecule has 0 bridgehead atoms. The van der Waals surface area contributed by atoms with Gasteiger partial charge in [-0.15, -0.1) is 6.42 Å². The molecular weight excluding hydrogens is 318 g/mol. The number of hydrogen-bond acceptors (Lipinski definition) is 3. The fourth-order valence-electron chi connectivity index (χ4n) is 1.85. The molecule has 3 nitrogen and oxygen atoms in total. The van der Waals surface area contributed by atoms with E-state index in [9.17, 15) is 0 Å². The van der Waals surface area contributed by atoms with Gasteiger partial charge in [-0.05, 0) is 37.3 Å². The molecule has 0 fully saturated rings. The number of halogens is 1. The first kappa shape index (κ1) is 14.7. The Hall–Kier alpha value is -1.70. The summed E-state index contributed by atoms with van der Waals surface area (Å²) in [6, 6.07) is 9.80. The van der Waals surface area contributed by atoms with Crippen LogP contribution >= 0.6 is 15.9 Å². The van der Waals surface area contributed by atoms with Gasteiger partial charge in [-0.2, -0.15) is 0 Å². The predicted molar refractivity (Wildman–Crippen MR) is 82.5 cm³/mol. The Morgan fingerprint density at radius 1 is 1.30 bits per heavy atom. The van der Waals surface area contributed by atoms with Gasteiger partial charge in [-0.3, -0.25) is 0 Å². The van der Waals surface area contributed by atoms with Crippen molar-refractivity contribution in [3.63, 3.8) is 0 Å². The zero-order chi connectivity index (χ0) is 14.4. The number of benzene rings is 1. The van der Waals surface area contributed by atoms with Crippen molar-refractivity contribution in [3.05, 3.63) is 51.9 Å². The second-order valence-corrected chi connectivity index (χ2v) is 5.28. The molecule has 0 saturated heterocycles. The second-order valence-electron chi connectivity index (χ2n) is 4.36. The molecule has 0 amide bonds. The summed E-state index contributed by atoms with van der Waals surface area (Å²) < 4.78 is 12.0. The van der Waals surface area contributed by atoms with Crippen LogP contribution in [0.5, 0.6) is 5.75 Å². The summed E-state index contributed by atoms with van der Waals surface area (Å²) in [5.74, 6) is 5.11. The minimum Gasteiger partial charge on any atom is -0.481 e. The molecule has 0 aliphatic rings.